The van der Waals surface area contributed by atoms with Crippen LogP contribution in [0.5, 0.6) is 0 Å². The van der Waals surface area contributed by atoms with E-state index in [-0.39, 0.29) is 18.5 Å². The van der Waals surface area contributed by atoms with Crippen LogP contribution in [-0.4, -0.2) is 34.7 Å². The van der Waals surface area contributed by atoms with Gasteiger partial charge in [0.25, 0.3) is 0 Å². The number of amides is 2. The molecule has 0 aliphatic carbocycles. The van der Waals surface area contributed by atoms with Crippen LogP contribution in [0.1, 0.15) is 29.1 Å². The van der Waals surface area contributed by atoms with Crippen molar-refractivity contribution >= 4 is 23.3 Å². The number of aromatic nitrogens is 1. The Morgan fingerprint density at radius 2 is 2.04 bits per heavy atom. The fourth-order valence-electron chi connectivity index (χ4n) is 2.49. The zero-order chi connectivity index (χ0) is 18.1. The van der Waals surface area contributed by atoms with Gasteiger partial charge in [0.2, 0.25) is 0 Å². The molecule has 2 aromatic rings. The Morgan fingerprint density at radius 1 is 1.28 bits per heavy atom. The molecule has 134 valence electrons. The standard InChI is InChI=1S/C18H23N3O3S/c1-13-20-16(12-25-13)9-10-19-18(24)21-15(7-8-17(22)23)11-14-5-3-2-4-6-14/h2-6,12,15H,7-11H2,1H3,(H,22,23)(H2,19,21,24). The number of carbonyl (C=O) groups is 2. The van der Waals surface area contributed by atoms with Crippen LogP contribution in [-0.2, 0) is 17.6 Å². The number of hydrogen-bond acceptors (Lipinski definition) is 4. The first-order valence-electron chi connectivity index (χ1n) is 8.24. The second-order valence-electron chi connectivity index (χ2n) is 5.83. The lowest BCUT2D eigenvalue weighted by Gasteiger charge is -2.18. The van der Waals surface area contributed by atoms with E-state index in [1.165, 1.54) is 0 Å². The Labute approximate surface area is 151 Å². The van der Waals surface area contributed by atoms with Crippen molar-refractivity contribution in [1.82, 2.24) is 15.6 Å². The highest BCUT2D eigenvalue weighted by atomic mass is 32.1. The van der Waals surface area contributed by atoms with Gasteiger partial charge in [-0.25, -0.2) is 9.78 Å². The van der Waals surface area contributed by atoms with Crippen LogP contribution in [0, 0.1) is 6.92 Å². The maximum atomic E-state index is 12.1. The lowest BCUT2D eigenvalue weighted by molar-refractivity contribution is -0.137. The molecule has 0 fully saturated rings. The van der Waals surface area contributed by atoms with Crippen molar-refractivity contribution in [3.63, 3.8) is 0 Å². The number of hydrogen-bond donors (Lipinski definition) is 3. The Bertz CT molecular complexity index is 688. The van der Waals surface area contributed by atoms with Crippen LogP contribution in [0.25, 0.3) is 0 Å². The molecule has 0 aliphatic heterocycles. The molecule has 1 atom stereocenters. The number of aliphatic carboxylic acids is 1. The summed E-state index contributed by atoms with van der Waals surface area (Å²) >= 11 is 1.59. The fraction of sp³-hybridized carbons (Fsp3) is 0.389. The summed E-state index contributed by atoms with van der Waals surface area (Å²) in [7, 11) is 0. The number of nitrogens with one attached hydrogen (secondary N) is 2. The minimum absolute atomic E-state index is 0.0237. The first kappa shape index (κ1) is 18.9. The van der Waals surface area contributed by atoms with Gasteiger partial charge in [0.15, 0.2) is 0 Å². The van der Waals surface area contributed by atoms with Crippen LogP contribution < -0.4 is 10.6 Å². The molecule has 0 spiro atoms. The number of benzene rings is 1. The highest BCUT2D eigenvalue weighted by Crippen LogP contribution is 2.09. The van der Waals surface area contributed by atoms with Gasteiger partial charge in [-0.3, -0.25) is 4.79 Å². The Balaban J connectivity index is 1.81. The number of carboxylic acid groups (broad SMARTS) is 1. The summed E-state index contributed by atoms with van der Waals surface area (Å²) in [5.74, 6) is -0.862. The molecule has 25 heavy (non-hydrogen) atoms. The largest absolute Gasteiger partial charge is 0.481 e. The van der Waals surface area contributed by atoms with Gasteiger partial charge >= 0.3 is 12.0 Å². The number of rotatable bonds is 9. The number of aryl methyl sites for hydroxylation is 1. The summed E-state index contributed by atoms with van der Waals surface area (Å²) in [6.07, 6.45) is 1.70. The average Bonchev–Trinajstić information content (AvgIpc) is 2.99. The molecule has 0 saturated heterocycles. The summed E-state index contributed by atoms with van der Waals surface area (Å²) in [6, 6.07) is 9.23. The number of urea groups is 1. The topological polar surface area (TPSA) is 91.3 Å². The quantitative estimate of drug-likeness (QED) is 0.640. The summed E-state index contributed by atoms with van der Waals surface area (Å²) < 4.78 is 0. The Kier molecular flexibility index (Phi) is 7.40. The van der Waals surface area contributed by atoms with Crippen molar-refractivity contribution in [2.24, 2.45) is 0 Å². The number of thiazole rings is 1. The van der Waals surface area contributed by atoms with Crippen molar-refractivity contribution in [3.8, 4) is 0 Å². The predicted molar refractivity (Wildman–Crippen MR) is 97.9 cm³/mol. The molecule has 0 radical (unpaired) electrons. The zero-order valence-electron chi connectivity index (χ0n) is 14.2. The molecule has 2 amide bonds. The summed E-state index contributed by atoms with van der Waals surface area (Å²) in [5, 5.41) is 17.6. The molecular weight excluding hydrogens is 338 g/mol. The third-order valence-corrected chi connectivity index (χ3v) is 4.52. The Hall–Kier alpha value is -2.41. The molecule has 1 aromatic heterocycles. The zero-order valence-corrected chi connectivity index (χ0v) is 15.0. The predicted octanol–water partition coefficient (Wildman–Crippen LogP) is 2.77. The van der Waals surface area contributed by atoms with E-state index in [0.29, 0.717) is 25.8 Å². The van der Waals surface area contributed by atoms with Crippen molar-refractivity contribution in [2.45, 2.75) is 38.6 Å². The first-order chi connectivity index (χ1) is 12.0. The molecule has 0 bridgehead atoms. The molecule has 6 nitrogen and oxygen atoms in total. The van der Waals surface area contributed by atoms with Crippen molar-refractivity contribution in [3.05, 3.63) is 52.0 Å². The van der Waals surface area contributed by atoms with E-state index in [1.54, 1.807) is 11.3 Å². The minimum Gasteiger partial charge on any atom is -0.481 e. The monoisotopic (exact) mass is 361 g/mol. The molecule has 1 unspecified atom stereocenters. The molecule has 2 rings (SSSR count). The third-order valence-electron chi connectivity index (χ3n) is 3.70. The van der Waals surface area contributed by atoms with Crippen LogP contribution in [0.3, 0.4) is 0 Å². The lowest BCUT2D eigenvalue weighted by Crippen LogP contribution is -2.44. The van der Waals surface area contributed by atoms with E-state index in [4.69, 9.17) is 5.11 Å². The van der Waals surface area contributed by atoms with Crippen LogP contribution >= 0.6 is 11.3 Å². The maximum Gasteiger partial charge on any atom is 0.315 e. The van der Waals surface area contributed by atoms with E-state index < -0.39 is 5.97 Å². The van der Waals surface area contributed by atoms with Gasteiger partial charge < -0.3 is 15.7 Å². The molecule has 7 heteroatoms. The van der Waals surface area contributed by atoms with Crippen LogP contribution in [0.15, 0.2) is 35.7 Å². The van der Waals surface area contributed by atoms with Gasteiger partial charge in [-0.15, -0.1) is 11.3 Å². The van der Waals surface area contributed by atoms with E-state index in [0.717, 1.165) is 16.3 Å². The molecule has 0 saturated carbocycles. The smallest absolute Gasteiger partial charge is 0.315 e. The van der Waals surface area contributed by atoms with Gasteiger partial charge in [-0.05, 0) is 25.3 Å². The SMILES string of the molecule is Cc1nc(CCNC(=O)NC(CCC(=O)O)Cc2ccccc2)cs1. The second-order valence-corrected chi connectivity index (χ2v) is 6.89. The summed E-state index contributed by atoms with van der Waals surface area (Å²) in [4.78, 5) is 27.3. The molecular formula is C18H23N3O3S. The molecule has 1 aromatic carbocycles. The normalized spacial score (nSPS) is 11.7. The van der Waals surface area contributed by atoms with Crippen molar-refractivity contribution < 1.29 is 14.7 Å². The van der Waals surface area contributed by atoms with Gasteiger partial charge in [0, 0.05) is 30.8 Å². The van der Waals surface area contributed by atoms with E-state index in [1.807, 2.05) is 42.6 Å². The summed E-state index contributed by atoms with van der Waals surface area (Å²) in [5.41, 5.74) is 2.03. The highest BCUT2D eigenvalue weighted by Gasteiger charge is 2.14. The lowest BCUT2D eigenvalue weighted by atomic mass is 10.0. The average molecular weight is 361 g/mol. The van der Waals surface area contributed by atoms with Crippen LogP contribution in [0.2, 0.25) is 0 Å². The maximum absolute atomic E-state index is 12.1. The van der Waals surface area contributed by atoms with Gasteiger partial charge in [0.05, 0.1) is 10.7 Å². The third kappa shape index (κ3) is 7.34. The molecule has 1 heterocycles. The molecule has 3 N–H and O–H groups in total. The van der Waals surface area contributed by atoms with Crippen molar-refractivity contribution in [2.75, 3.05) is 6.54 Å². The van der Waals surface area contributed by atoms with E-state index in [9.17, 15) is 9.59 Å². The van der Waals surface area contributed by atoms with Gasteiger partial charge in [-0.2, -0.15) is 0 Å². The number of carbonyl (C=O) groups excluding carboxylic acids is 1. The fourth-order valence-corrected chi connectivity index (χ4v) is 3.13. The Morgan fingerprint density at radius 3 is 2.68 bits per heavy atom. The van der Waals surface area contributed by atoms with Gasteiger partial charge in [0.1, 0.15) is 0 Å². The summed E-state index contributed by atoms with van der Waals surface area (Å²) in [6.45, 7) is 2.44. The number of nitrogens with zero attached hydrogens (tertiary/aromatic N) is 1. The number of carboxylic acids is 1. The van der Waals surface area contributed by atoms with Gasteiger partial charge in [-0.1, -0.05) is 30.3 Å². The van der Waals surface area contributed by atoms with Crippen LogP contribution in [0.4, 0.5) is 4.79 Å². The van der Waals surface area contributed by atoms with E-state index >= 15 is 0 Å². The first-order valence-corrected chi connectivity index (χ1v) is 9.12. The second kappa shape index (κ2) is 9.78. The highest BCUT2D eigenvalue weighted by molar-refractivity contribution is 7.09. The minimum atomic E-state index is -0.862. The molecule has 0 aliphatic rings. The van der Waals surface area contributed by atoms with E-state index in [2.05, 4.69) is 15.6 Å². The van der Waals surface area contributed by atoms with Crippen molar-refractivity contribution in [1.29, 1.82) is 0 Å².